The predicted octanol–water partition coefficient (Wildman–Crippen LogP) is 4.34. The molecule has 2 nitrogen and oxygen atoms in total. The smallest absolute Gasteiger partial charge is 0.0553 e. The highest BCUT2D eigenvalue weighted by molar-refractivity contribution is 7.99. The standard InChI is InChI=1S/C18H20N2S2/c1-3-7-17-15(5-1)20(10-9-19-11-13-21-14-12-19)16-6-2-4-8-18(16)22-17/h1-8H,9-14H2. The van der Waals surface area contributed by atoms with Gasteiger partial charge in [-0.05, 0) is 24.3 Å². The summed E-state index contributed by atoms with van der Waals surface area (Å²) < 4.78 is 0. The predicted molar refractivity (Wildman–Crippen MR) is 97.8 cm³/mol. The molecular formula is C18H20N2S2. The van der Waals surface area contributed by atoms with E-state index in [9.17, 15) is 0 Å². The lowest BCUT2D eigenvalue weighted by Crippen LogP contribution is -2.38. The van der Waals surface area contributed by atoms with Crippen LogP contribution in [0.5, 0.6) is 0 Å². The van der Waals surface area contributed by atoms with Crippen LogP contribution in [-0.4, -0.2) is 42.6 Å². The van der Waals surface area contributed by atoms with Gasteiger partial charge in [0.25, 0.3) is 0 Å². The Morgan fingerprint density at radius 2 is 1.36 bits per heavy atom. The number of nitrogens with zero attached hydrogens (tertiary/aromatic N) is 2. The zero-order chi connectivity index (χ0) is 14.8. The van der Waals surface area contributed by atoms with Gasteiger partial charge in [0.1, 0.15) is 0 Å². The molecule has 0 spiro atoms. The Labute approximate surface area is 140 Å². The van der Waals surface area contributed by atoms with Gasteiger partial charge in [-0.1, -0.05) is 36.0 Å². The summed E-state index contributed by atoms with van der Waals surface area (Å²) in [4.78, 5) is 7.85. The number of para-hydroxylation sites is 2. The van der Waals surface area contributed by atoms with Crippen LogP contribution < -0.4 is 4.90 Å². The summed E-state index contributed by atoms with van der Waals surface area (Å²) in [7, 11) is 0. The molecule has 2 aromatic carbocycles. The molecule has 2 aliphatic rings. The van der Waals surface area contributed by atoms with E-state index >= 15 is 0 Å². The van der Waals surface area contributed by atoms with E-state index in [1.165, 1.54) is 45.8 Å². The molecule has 0 radical (unpaired) electrons. The van der Waals surface area contributed by atoms with Gasteiger partial charge >= 0.3 is 0 Å². The lowest BCUT2D eigenvalue weighted by atomic mass is 10.2. The second-order valence-electron chi connectivity index (χ2n) is 5.64. The number of thioether (sulfide) groups is 1. The third-order valence-electron chi connectivity index (χ3n) is 4.28. The average molecular weight is 329 g/mol. The Hall–Kier alpha value is -1.10. The van der Waals surface area contributed by atoms with Crippen LogP contribution in [0.15, 0.2) is 58.3 Å². The molecule has 0 aromatic heterocycles. The third-order valence-corrected chi connectivity index (χ3v) is 6.35. The van der Waals surface area contributed by atoms with E-state index in [1.807, 2.05) is 11.8 Å². The molecule has 0 atom stereocenters. The highest BCUT2D eigenvalue weighted by Crippen LogP contribution is 2.47. The zero-order valence-corrected chi connectivity index (χ0v) is 14.2. The molecule has 4 heteroatoms. The molecule has 0 saturated carbocycles. The fraction of sp³-hybridized carbons (Fsp3) is 0.333. The molecular weight excluding hydrogens is 308 g/mol. The van der Waals surface area contributed by atoms with Crippen LogP contribution in [0.4, 0.5) is 11.4 Å². The molecule has 2 heterocycles. The van der Waals surface area contributed by atoms with Crippen molar-refractivity contribution in [2.24, 2.45) is 0 Å². The van der Waals surface area contributed by atoms with E-state index in [0.29, 0.717) is 0 Å². The van der Waals surface area contributed by atoms with Gasteiger partial charge in [0.15, 0.2) is 0 Å². The molecule has 4 rings (SSSR count). The second-order valence-corrected chi connectivity index (χ2v) is 7.95. The van der Waals surface area contributed by atoms with Gasteiger partial charge in [-0.2, -0.15) is 11.8 Å². The first-order valence-electron chi connectivity index (χ1n) is 7.85. The van der Waals surface area contributed by atoms with Gasteiger partial charge in [0, 0.05) is 47.5 Å². The highest BCUT2D eigenvalue weighted by atomic mass is 32.2. The third kappa shape index (κ3) is 2.87. The minimum atomic E-state index is 1.07. The van der Waals surface area contributed by atoms with Crippen LogP contribution >= 0.6 is 23.5 Å². The first kappa shape index (κ1) is 14.5. The summed E-state index contributed by atoms with van der Waals surface area (Å²) in [6, 6.07) is 17.6. The van der Waals surface area contributed by atoms with Gasteiger partial charge < -0.3 is 4.90 Å². The lowest BCUT2D eigenvalue weighted by molar-refractivity contribution is 0.310. The second kappa shape index (κ2) is 6.57. The van der Waals surface area contributed by atoms with Crippen LogP contribution in [0.3, 0.4) is 0 Å². The van der Waals surface area contributed by atoms with E-state index in [-0.39, 0.29) is 0 Å². The van der Waals surface area contributed by atoms with Crippen LogP contribution in [0.25, 0.3) is 0 Å². The van der Waals surface area contributed by atoms with Crippen LogP contribution in [-0.2, 0) is 0 Å². The minimum Gasteiger partial charge on any atom is -0.338 e. The van der Waals surface area contributed by atoms with Crippen molar-refractivity contribution in [2.45, 2.75) is 9.79 Å². The van der Waals surface area contributed by atoms with Crippen molar-refractivity contribution < 1.29 is 0 Å². The fourth-order valence-corrected chi connectivity index (χ4v) is 5.16. The van der Waals surface area contributed by atoms with Crippen molar-refractivity contribution >= 4 is 34.9 Å². The number of fused-ring (bicyclic) bond motifs is 2. The number of hydrogen-bond donors (Lipinski definition) is 0. The van der Waals surface area contributed by atoms with Gasteiger partial charge in [-0.15, -0.1) is 0 Å². The number of benzene rings is 2. The fourth-order valence-electron chi connectivity index (χ4n) is 3.09. The van der Waals surface area contributed by atoms with Crippen molar-refractivity contribution in [3.05, 3.63) is 48.5 Å². The molecule has 2 aromatic rings. The molecule has 1 saturated heterocycles. The Morgan fingerprint density at radius 1 is 0.773 bits per heavy atom. The highest BCUT2D eigenvalue weighted by Gasteiger charge is 2.23. The largest absolute Gasteiger partial charge is 0.338 e. The van der Waals surface area contributed by atoms with Crippen molar-refractivity contribution in [1.82, 2.24) is 4.90 Å². The molecule has 0 aliphatic carbocycles. The summed E-state index contributed by atoms with van der Waals surface area (Å²) in [6.45, 7) is 4.68. The Bertz CT molecular complexity index is 608. The van der Waals surface area contributed by atoms with Crippen LogP contribution in [0.2, 0.25) is 0 Å². The van der Waals surface area contributed by atoms with E-state index in [2.05, 4.69) is 70.1 Å². The van der Waals surface area contributed by atoms with E-state index in [1.54, 1.807) is 0 Å². The molecule has 0 bridgehead atoms. The van der Waals surface area contributed by atoms with Crippen molar-refractivity contribution in [3.63, 3.8) is 0 Å². The summed E-state index contributed by atoms with van der Waals surface area (Å²) in [5.41, 5.74) is 2.72. The molecule has 0 amide bonds. The molecule has 114 valence electrons. The number of hydrogen-bond acceptors (Lipinski definition) is 4. The van der Waals surface area contributed by atoms with E-state index < -0.39 is 0 Å². The zero-order valence-electron chi connectivity index (χ0n) is 12.6. The first-order valence-corrected chi connectivity index (χ1v) is 9.82. The summed E-state index contributed by atoms with van der Waals surface area (Å²) in [5.74, 6) is 2.56. The lowest BCUT2D eigenvalue weighted by Gasteiger charge is -2.35. The van der Waals surface area contributed by atoms with Crippen molar-refractivity contribution in [1.29, 1.82) is 0 Å². The monoisotopic (exact) mass is 328 g/mol. The quantitative estimate of drug-likeness (QED) is 0.826. The van der Waals surface area contributed by atoms with Crippen molar-refractivity contribution in [3.8, 4) is 0 Å². The maximum absolute atomic E-state index is 2.60. The van der Waals surface area contributed by atoms with Crippen LogP contribution in [0.1, 0.15) is 0 Å². The topological polar surface area (TPSA) is 6.48 Å². The van der Waals surface area contributed by atoms with Crippen LogP contribution in [0, 0.1) is 0 Å². The van der Waals surface area contributed by atoms with E-state index in [0.717, 1.165) is 13.1 Å². The molecule has 2 aliphatic heterocycles. The molecule has 22 heavy (non-hydrogen) atoms. The first-order chi connectivity index (χ1) is 10.9. The summed E-state index contributed by atoms with van der Waals surface area (Å²) >= 11 is 3.97. The SMILES string of the molecule is c1ccc2c(c1)Sc1ccccc1N2CCN1CCSCC1. The van der Waals surface area contributed by atoms with Gasteiger partial charge in [-0.25, -0.2) is 0 Å². The number of anilines is 2. The normalized spacial score (nSPS) is 17.9. The molecule has 1 fully saturated rings. The van der Waals surface area contributed by atoms with Gasteiger partial charge in [0.2, 0.25) is 0 Å². The summed E-state index contributed by atoms with van der Waals surface area (Å²) in [6.07, 6.45) is 0. The summed E-state index contributed by atoms with van der Waals surface area (Å²) in [5, 5.41) is 0. The average Bonchev–Trinajstić information content (AvgIpc) is 2.59. The Morgan fingerprint density at radius 3 is 2.00 bits per heavy atom. The Kier molecular flexibility index (Phi) is 4.33. The molecule has 0 N–H and O–H groups in total. The van der Waals surface area contributed by atoms with Gasteiger partial charge in [-0.3, -0.25) is 4.90 Å². The Balaban J connectivity index is 1.60. The minimum absolute atomic E-state index is 1.07. The van der Waals surface area contributed by atoms with Gasteiger partial charge in [0.05, 0.1) is 11.4 Å². The maximum atomic E-state index is 2.60. The maximum Gasteiger partial charge on any atom is 0.0553 e. The molecule has 0 unspecified atom stereocenters. The van der Waals surface area contributed by atoms with E-state index in [4.69, 9.17) is 0 Å². The number of rotatable bonds is 3. The van der Waals surface area contributed by atoms with Crippen molar-refractivity contribution in [2.75, 3.05) is 42.6 Å².